The number of hydrogen-bond acceptors (Lipinski definition) is 3. The smallest absolute Gasteiger partial charge is 0.337 e. The van der Waals surface area contributed by atoms with Crippen molar-refractivity contribution in [1.29, 1.82) is 0 Å². The first-order chi connectivity index (χ1) is 7.56. The van der Waals surface area contributed by atoms with Gasteiger partial charge >= 0.3 is 5.97 Å². The Morgan fingerprint density at radius 3 is 2.75 bits per heavy atom. The van der Waals surface area contributed by atoms with E-state index in [1.165, 1.54) is 0 Å². The summed E-state index contributed by atoms with van der Waals surface area (Å²) >= 11 is 5.78. The van der Waals surface area contributed by atoms with Gasteiger partial charge in [-0.1, -0.05) is 17.7 Å². The third kappa shape index (κ3) is 3.20. The molecule has 1 aromatic carbocycles. The summed E-state index contributed by atoms with van der Waals surface area (Å²) in [7, 11) is 0. The van der Waals surface area contributed by atoms with Crippen LogP contribution in [0.15, 0.2) is 18.2 Å². The van der Waals surface area contributed by atoms with Crippen LogP contribution >= 0.6 is 11.6 Å². The Bertz CT molecular complexity index is 378. The van der Waals surface area contributed by atoms with Crippen LogP contribution in [0.3, 0.4) is 0 Å². The van der Waals surface area contributed by atoms with Crippen molar-refractivity contribution in [1.82, 2.24) is 0 Å². The predicted molar refractivity (Wildman–Crippen MR) is 59.6 cm³/mol. The van der Waals surface area contributed by atoms with Crippen molar-refractivity contribution in [2.75, 3.05) is 13.2 Å². The Balaban J connectivity index is 2.96. The summed E-state index contributed by atoms with van der Waals surface area (Å²) in [5.74, 6) is -1.08. The Morgan fingerprint density at radius 2 is 2.25 bits per heavy atom. The summed E-state index contributed by atoms with van der Waals surface area (Å²) in [5, 5.41) is 18.2. The Hall–Kier alpha value is -1.10. The molecule has 0 heterocycles. The number of carbonyl (C=O) groups is 1. The maximum atomic E-state index is 11.0. The molecule has 0 fully saturated rings. The summed E-state index contributed by atoms with van der Waals surface area (Å²) in [5.41, 5.74) is 1.29. The van der Waals surface area contributed by atoms with Crippen LogP contribution in [0.4, 0.5) is 0 Å². The lowest BCUT2D eigenvalue weighted by atomic mass is 10.0. The summed E-state index contributed by atoms with van der Waals surface area (Å²) in [6, 6.07) is 4.91. The second-order valence-electron chi connectivity index (χ2n) is 3.31. The van der Waals surface area contributed by atoms with Gasteiger partial charge in [-0.2, -0.15) is 0 Å². The molecule has 2 N–H and O–H groups in total. The summed E-state index contributed by atoms with van der Waals surface area (Å²) in [4.78, 5) is 11.0. The second kappa shape index (κ2) is 5.84. The summed E-state index contributed by atoms with van der Waals surface area (Å²) < 4.78 is 5.07. The highest BCUT2D eigenvalue weighted by atomic mass is 35.5. The van der Waals surface area contributed by atoms with E-state index < -0.39 is 12.1 Å². The number of halogens is 1. The summed E-state index contributed by atoms with van der Waals surface area (Å²) in [6.45, 7) is 1.54. The number of rotatable bonds is 5. The van der Waals surface area contributed by atoms with Crippen molar-refractivity contribution in [3.63, 3.8) is 0 Å². The molecule has 1 aromatic rings. The first kappa shape index (κ1) is 13.0. The van der Waals surface area contributed by atoms with Crippen molar-refractivity contribution in [2.45, 2.75) is 13.0 Å². The molecular weight excluding hydrogens is 232 g/mol. The van der Waals surface area contributed by atoms with E-state index in [9.17, 15) is 4.79 Å². The maximum absolute atomic E-state index is 11.0. The SMILES string of the molecule is Cc1cc(Cl)ccc1C(OCCO)C(=O)O. The number of ether oxygens (including phenoxy) is 1. The van der Waals surface area contributed by atoms with Gasteiger partial charge in [-0.05, 0) is 30.2 Å². The molecule has 4 nitrogen and oxygen atoms in total. The fraction of sp³-hybridized carbons (Fsp3) is 0.364. The third-order valence-corrected chi connectivity index (χ3v) is 2.35. The van der Waals surface area contributed by atoms with E-state index in [0.717, 1.165) is 5.56 Å². The molecule has 0 aliphatic rings. The number of aliphatic hydroxyl groups is 1. The zero-order chi connectivity index (χ0) is 12.1. The predicted octanol–water partition coefficient (Wildman–Crippen LogP) is 1.78. The Labute approximate surface area is 98.4 Å². The normalized spacial score (nSPS) is 12.4. The van der Waals surface area contributed by atoms with Crippen molar-refractivity contribution in [2.24, 2.45) is 0 Å². The highest BCUT2D eigenvalue weighted by Crippen LogP contribution is 2.24. The number of aliphatic carboxylic acids is 1. The molecule has 1 unspecified atom stereocenters. The molecule has 0 aliphatic heterocycles. The maximum Gasteiger partial charge on any atom is 0.337 e. The fourth-order valence-corrected chi connectivity index (χ4v) is 1.62. The van der Waals surface area contributed by atoms with Crippen molar-refractivity contribution in [3.05, 3.63) is 34.3 Å². The molecule has 0 bridgehead atoms. The molecule has 0 spiro atoms. The Morgan fingerprint density at radius 1 is 1.56 bits per heavy atom. The highest BCUT2D eigenvalue weighted by molar-refractivity contribution is 6.30. The molecule has 1 atom stereocenters. The van der Waals surface area contributed by atoms with Gasteiger partial charge in [0.05, 0.1) is 13.2 Å². The number of hydrogen-bond donors (Lipinski definition) is 2. The molecule has 0 aromatic heterocycles. The number of aliphatic hydroxyl groups excluding tert-OH is 1. The van der Waals surface area contributed by atoms with Crippen LogP contribution in [0.5, 0.6) is 0 Å². The van der Waals surface area contributed by atoms with Crippen LogP contribution in [0.25, 0.3) is 0 Å². The number of carboxylic acids is 1. The van der Waals surface area contributed by atoms with Gasteiger partial charge in [0, 0.05) is 5.02 Å². The lowest BCUT2D eigenvalue weighted by Crippen LogP contribution is -2.18. The largest absolute Gasteiger partial charge is 0.479 e. The van der Waals surface area contributed by atoms with E-state index in [1.807, 2.05) is 0 Å². The van der Waals surface area contributed by atoms with Crippen LogP contribution in [0.2, 0.25) is 5.02 Å². The molecule has 0 radical (unpaired) electrons. The third-order valence-electron chi connectivity index (χ3n) is 2.11. The zero-order valence-corrected chi connectivity index (χ0v) is 9.57. The minimum Gasteiger partial charge on any atom is -0.479 e. The van der Waals surface area contributed by atoms with Gasteiger partial charge < -0.3 is 14.9 Å². The molecule has 0 saturated heterocycles. The van der Waals surface area contributed by atoms with Crippen LogP contribution in [0.1, 0.15) is 17.2 Å². The Kier molecular flexibility index (Phi) is 4.73. The molecule has 1 rings (SSSR count). The van der Waals surface area contributed by atoms with Gasteiger partial charge in [0.15, 0.2) is 6.10 Å². The van der Waals surface area contributed by atoms with Crippen LogP contribution in [0, 0.1) is 6.92 Å². The van der Waals surface area contributed by atoms with E-state index in [2.05, 4.69) is 0 Å². The van der Waals surface area contributed by atoms with Crippen molar-refractivity contribution in [3.8, 4) is 0 Å². The van der Waals surface area contributed by atoms with Crippen LogP contribution in [-0.4, -0.2) is 29.4 Å². The first-order valence-corrected chi connectivity index (χ1v) is 5.15. The monoisotopic (exact) mass is 244 g/mol. The standard InChI is InChI=1S/C11H13ClO4/c1-7-6-8(12)2-3-9(7)10(11(14)15)16-5-4-13/h2-3,6,10,13H,4-5H2,1H3,(H,14,15). The van der Waals surface area contributed by atoms with E-state index in [0.29, 0.717) is 10.6 Å². The fourth-order valence-electron chi connectivity index (χ4n) is 1.40. The average Bonchev–Trinajstić information content (AvgIpc) is 2.20. The van der Waals surface area contributed by atoms with E-state index >= 15 is 0 Å². The van der Waals surface area contributed by atoms with Crippen molar-refractivity contribution < 1.29 is 19.7 Å². The van der Waals surface area contributed by atoms with E-state index in [-0.39, 0.29) is 13.2 Å². The van der Waals surface area contributed by atoms with Gasteiger partial charge in [-0.25, -0.2) is 4.79 Å². The van der Waals surface area contributed by atoms with Crippen molar-refractivity contribution >= 4 is 17.6 Å². The molecule has 16 heavy (non-hydrogen) atoms. The molecule has 88 valence electrons. The first-order valence-electron chi connectivity index (χ1n) is 4.77. The molecule has 0 aliphatic carbocycles. The lowest BCUT2D eigenvalue weighted by molar-refractivity contribution is -0.151. The topological polar surface area (TPSA) is 66.8 Å². The summed E-state index contributed by atoms with van der Waals surface area (Å²) in [6.07, 6.45) is -1.07. The minimum absolute atomic E-state index is 0.0148. The quantitative estimate of drug-likeness (QED) is 0.829. The number of aryl methyl sites for hydroxylation is 1. The van der Waals surface area contributed by atoms with Gasteiger partial charge in [0.1, 0.15) is 0 Å². The van der Waals surface area contributed by atoms with Gasteiger partial charge in [0.2, 0.25) is 0 Å². The molecular formula is C11H13ClO4. The number of benzene rings is 1. The zero-order valence-electron chi connectivity index (χ0n) is 8.81. The van der Waals surface area contributed by atoms with Gasteiger partial charge in [-0.15, -0.1) is 0 Å². The lowest BCUT2D eigenvalue weighted by Gasteiger charge is -2.15. The van der Waals surface area contributed by atoms with Crippen LogP contribution < -0.4 is 0 Å². The van der Waals surface area contributed by atoms with E-state index in [1.54, 1.807) is 25.1 Å². The molecule has 0 amide bonds. The minimum atomic E-state index is -1.08. The second-order valence-corrected chi connectivity index (χ2v) is 3.75. The van der Waals surface area contributed by atoms with E-state index in [4.69, 9.17) is 26.6 Å². The van der Waals surface area contributed by atoms with Gasteiger partial charge in [0.25, 0.3) is 0 Å². The van der Waals surface area contributed by atoms with Crippen LogP contribution in [-0.2, 0) is 9.53 Å². The van der Waals surface area contributed by atoms with Gasteiger partial charge in [-0.3, -0.25) is 0 Å². The number of carboxylic acid groups (broad SMARTS) is 1. The highest BCUT2D eigenvalue weighted by Gasteiger charge is 2.22. The molecule has 0 saturated carbocycles. The molecule has 5 heteroatoms. The average molecular weight is 245 g/mol.